The molecule has 6 nitrogen and oxygen atoms in total. The first-order chi connectivity index (χ1) is 10.9. The molecule has 1 N–H and O–H groups in total. The van der Waals surface area contributed by atoms with E-state index < -0.39 is 0 Å². The average Bonchev–Trinajstić information content (AvgIpc) is 2.52. The van der Waals surface area contributed by atoms with Gasteiger partial charge in [-0.1, -0.05) is 17.7 Å². The monoisotopic (exact) mass is 333 g/mol. The number of hydrogen-bond acceptors (Lipinski definition) is 4. The molecule has 0 spiro atoms. The lowest BCUT2D eigenvalue weighted by Crippen LogP contribution is -2.37. The van der Waals surface area contributed by atoms with Crippen molar-refractivity contribution in [3.63, 3.8) is 0 Å². The van der Waals surface area contributed by atoms with Crippen molar-refractivity contribution in [2.24, 2.45) is 14.1 Å². The Labute approximate surface area is 138 Å². The van der Waals surface area contributed by atoms with Crippen LogP contribution in [0.4, 0.5) is 5.69 Å². The van der Waals surface area contributed by atoms with Crippen LogP contribution in [0.1, 0.15) is 11.3 Å². The lowest BCUT2D eigenvalue weighted by molar-refractivity contribution is -0.113. The standard InChI is InChI=1S/C16H19N3O3S/c1-11-4-6-12(7-5-11)17-14(20)10-23-9-13-8-15(21)19(3)16(22)18(13)2/h4-8H,9-10H2,1-3H3,(H,17,20). The molecule has 0 saturated carbocycles. The number of carbonyl (C=O) groups is 1. The van der Waals surface area contributed by atoms with Gasteiger partial charge in [-0.15, -0.1) is 11.8 Å². The third-order valence-electron chi connectivity index (χ3n) is 3.44. The molecule has 0 unspecified atom stereocenters. The van der Waals surface area contributed by atoms with Gasteiger partial charge in [-0.05, 0) is 19.1 Å². The molecular weight excluding hydrogens is 314 g/mol. The number of carbonyl (C=O) groups excluding carboxylic acids is 1. The molecule has 0 bridgehead atoms. The minimum Gasteiger partial charge on any atom is -0.325 e. The quantitative estimate of drug-likeness (QED) is 0.894. The Hall–Kier alpha value is -2.28. The fourth-order valence-electron chi connectivity index (χ4n) is 2.00. The van der Waals surface area contributed by atoms with E-state index in [1.54, 1.807) is 7.05 Å². The molecule has 0 saturated heterocycles. The second-order valence-corrected chi connectivity index (χ2v) is 6.27. The second kappa shape index (κ2) is 7.32. The van der Waals surface area contributed by atoms with Gasteiger partial charge >= 0.3 is 5.69 Å². The van der Waals surface area contributed by atoms with E-state index in [4.69, 9.17) is 0 Å². The summed E-state index contributed by atoms with van der Waals surface area (Å²) in [5, 5.41) is 2.81. The third kappa shape index (κ3) is 4.35. The summed E-state index contributed by atoms with van der Waals surface area (Å²) in [5.41, 5.74) is 1.78. The second-order valence-electron chi connectivity index (χ2n) is 5.28. The summed E-state index contributed by atoms with van der Waals surface area (Å²) < 4.78 is 2.48. The molecule has 0 aliphatic heterocycles. The van der Waals surface area contributed by atoms with E-state index in [-0.39, 0.29) is 22.9 Å². The smallest absolute Gasteiger partial charge is 0.325 e. The van der Waals surface area contributed by atoms with Crippen LogP contribution in [0.2, 0.25) is 0 Å². The Kier molecular flexibility index (Phi) is 5.44. The number of thioether (sulfide) groups is 1. The average molecular weight is 333 g/mol. The lowest BCUT2D eigenvalue weighted by atomic mass is 10.2. The number of nitrogens with one attached hydrogen (secondary N) is 1. The summed E-state index contributed by atoms with van der Waals surface area (Å²) in [5.74, 6) is 0.549. The van der Waals surface area contributed by atoms with Crippen LogP contribution < -0.4 is 16.6 Å². The van der Waals surface area contributed by atoms with Gasteiger partial charge in [-0.2, -0.15) is 0 Å². The van der Waals surface area contributed by atoms with E-state index in [0.29, 0.717) is 11.4 Å². The van der Waals surface area contributed by atoms with Crippen LogP contribution in [0.5, 0.6) is 0 Å². The van der Waals surface area contributed by atoms with Crippen molar-refractivity contribution < 1.29 is 4.79 Å². The predicted molar refractivity (Wildman–Crippen MR) is 92.9 cm³/mol. The molecule has 0 radical (unpaired) electrons. The van der Waals surface area contributed by atoms with E-state index in [1.807, 2.05) is 31.2 Å². The molecular formula is C16H19N3O3S. The SMILES string of the molecule is Cc1ccc(NC(=O)CSCc2cc(=O)n(C)c(=O)n2C)cc1. The number of nitrogens with zero attached hydrogens (tertiary/aromatic N) is 2. The highest BCUT2D eigenvalue weighted by atomic mass is 32.2. The van der Waals surface area contributed by atoms with Gasteiger partial charge in [-0.25, -0.2) is 4.79 Å². The molecule has 122 valence electrons. The summed E-state index contributed by atoms with van der Waals surface area (Å²) in [6.45, 7) is 1.98. The van der Waals surface area contributed by atoms with Crippen LogP contribution in [0.15, 0.2) is 39.9 Å². The minimum atomic E-state index is -0.364. The van der Waals surface area contributed by atoms with Gasteiger partial charge in [0.05, 0.1) is 5.75 Å². The van der Waals surface area contributed by atoms with Crippen LogP contribution in [0.3, 0.4) is 0 Å². The van der Waals surface area contributed by atoms with Gasteiger partial charge in [0.1, 0.15) is 0 Å². The Morgan fingerprint density at radius 2 is 1.78 bits per heavy atom. The molecule has 1 amide bonds. The summed E-state index contributed by atoms with van der Waals surface area (Å²) in [6.07, 6.45) is 0. The highest BCUT2D eigenvalue weighted by Crippen LogP contribution is 2.12. The predicted octanol–water partition coefficient (Wildman–Crippen LogP) is 1.26. The Balaban J connectivity index is 1.92. The third-order valence-corrected chi connectivity index (χ3v) is 4.41. The van der Waals surface area contributed by atoms with Crippen molar-refractivity contribution in [3.05, 3.63) is 62.4 Å². The van der Waals surface area contributed by atoms with E-state index in [0.717, 1.165) is 15.8 Å². The topological polar surface area (TPSA) is 73.1 Å². The minimum absolute atomic E-state index is 0.118. The van der Waals surface area contributed by atoms with Crippen LogP contribution in [-0.4, -0.2) is 20.8 Å². The molecule has 0 atom stereocenters. The first-order valence-corrected chi connectivity index (χ1v) is 8.24. The van der Waals surface area contributed by atoms with Crippen molar-refractivity contribution in [2.75, 3.05) is 11.1 Å². The van der Waals surface area contributed by atoms with Crippen LogP contribution in [-0.2, 0) is 24.6 Å². The number of aromatic nitrogens is 2. The van der Waals surface area contributed by atoms with Crippen molar-refractivity contribution in [1.82, 2.24) is 9.13 Å². The van der Waals surface area contributed by atoms with Crippen molar-refractivity contribution in [1.29, 1.82) is 0 Å². The van der Waals surface area contributed by atoms with Gasteiger partial charge in [0, 0.05) is 37.3 Å². The zero-order chi connectivity index (χ0) is 17.0. The molecule has 2 rings (SSSR count). The van der Waals surface area contributed by atoms with Crippen LogP contribution in [0.25, 0.3) is 0 Å². The Bertz CT molecular complexity index is 822. The van der Waals surface area contributed by atoms with Crippen LogP contribution >= 0.6 is 11.8 Å². The zero-order valence-electron chi connectivity index (χ0n) is 13.3. The van der Waals surface area contributed by atoms with Gasteiger partial charge in [0.2, 0.25) is 5.91 Å². The highest BCUT2D eigenvalue weighted by molar-refractivity contribution is 7.99. The molecule has 23 heavy (non-hydrogen) atoms. The number of amides is 1. The van der Waals surface area contributed by atoms with Crippen LogP contribution in [0, 0.1) is 6.92 Å². The molecule has 0 aliphatic carbocycles. The fraction of sp³-hybridized carbons (Fsp3) is 0.312. The highest BCUT2D eigenvalue weighted by Gasteiger charge is 2.08. The molecule has 0 fully saturated rings. The number of aryl methyl sites for hydroxylation is 1. The number of hydrogen-bond donors (Lipinski definition) is 1. The van der Waals surface area contributed by atoms with Crippen molar-refractivity contribution in [3.8, 4) is 0 Å². The largest absolute Gasteiger partial charge is 0.330 e. The molecule has 1 aromatic heterocycles. The maximum atomic E-state index is 11.9. The number of anilines is 1. The maximum Gasteiger partial charge on any atom is 0.330 e. The van der Waals surface area contributed by atoms with Gasteiger partial charge in [-0.3, -0.25) is 18.7 Å². The maximum absolute atomic E-state index is 11.9. The van der Waals surface area contributed by atoms with Gasteiger partial charge < -0.3 is 5.32 Å². The van der Waals surface area contributed by atoms with E-state index in [9.17, 15) is 14.4 Å². The number of rotatable bonds is 5. The molecule has 1 aromatic carbocycles. The van der Waals surface area contributed by atoms with Gasteiger partial charge in [0.25, 0.3) is 5.56 Å². The Morgan fingerprint density at radius 3 is 2.43 bits per heavy atom. The van der Waals surface area contributed by atoms with Crippen molar-refractivity contribution in [2.45, 2.75) is 12.7 Å². The molecule has 1 heterocycles. The first-order valence-electron chi connectivity index (χ1n) is 7.08. The fourth-order valence-corrected chi connectivity index (χ4v) is 2.84. The van der Waals surface area contributed by atoms with E-state index in [1.165, 1.54) is 29.4 Å². The summed E-state index contributed by atoms with van der Waals surface area (Å²) >= 11 is 1.35. The van der Waals surface area contributed by atoms with E-state index in [2.05, 4.69) is 5.32 Å². The van der Waals surface area contributed by atoms with Crippen molar-refractivity contribution >= 4 is 23.4 Å². The zero-order valence-corrected chi connectivity index (χ0v) is 14.1. The summed E-state index contributed by atoms with van der Waals surface area (Å²) in [6, 6.07) is 8.98. The summed E-state index contributed by atoms with van der Waals surface area (Å²) in [4.78, 5) is 35.3. The lowest BCUT2D eigenvalue weighted by Gasteiger charge is -2.09. The van der Waals surface area contributed by atoms with E-state index >= 15 is 0 Å². The Morgan fingerprint density at radius 1 is 1.13 bits per heavy atom. The first kappa shape index (κ1) is 17.1. The number of benzene rings is 1. The summed E-state index contributed by atoms with van der Waals surface area (Å²) in [7, 11) is 3.06. The molecule has 2 aromatic rings. The van der Waals surface area contributed by atoms with Gasteiger partial charge in [0.15, 0.2) is 0 Å². The molecule has 0 aliphatic rings. The molecule has 7 heteroatoms. The normalized spacial score (nSPS) is 10.6.